The van der Waals surface area contributed by atoms with Gasteiger partial charge in [0.1, 0.15) is 0 Å². The van der Waals surface area contributed by atoms with Gasteiger partial charge in [-0.05, 0) is 38.3 Å². The number of aryl methyl sites for hydroxylation is 2. The molecular formula is C15H24N2O. The largest absolute Gasteiger partial charge is 0.350 e. The predicted molar refractivity (Wildman–Crippen MR) is 75.4 cm³/mol. The molecule has 0 saturated carbocycles. The molecule has 0 aliphatic carbocycles. The molecule has 18 heavy (non-hydrogen) atoms. The number of hydrogen-bond donors (Lipinski definition) is 2. The Kier molecular flexibility index (Phi) is 5.35. The van der Waals surface area contributed by atoms with E-state index in [1.54, 1.807) is 0 Å². The summed E-state index contributed by atoms with van der Waals surface area (Å²) in [5.41, 5.74) is 9.39. The molecule has 0 fully saturated rings. The van der Waals surface area contributed by atoms with Gasteiger partial charge in [-0.25, -0.2) is 0 Å². The van der Waals surface area contributed by atoms with Crippen LogP contribution in [-0.2, 0) is 4.79 Å². The minimum Gasteiger partial charge on any atom is -0.350 e. The summed E-state index contributed by atoms with van der Waals surface area (Å²) < 4.78 is 0. The molecule has 3 heteroatoms. The molecule has 0 aromatic heterocycles. The molecule has 2 unspecified atom stereocenters. The summed E-state index contributed by atoms with van der Waals surface area (Å²) in [5, 5.41) is 3.00. The van der Waals surface area contributed by atoms with Gasteiger partial charge in [0.05, 0.1) is 6.04 Å². The summed E-state index contributed by atoms with van der Waals surface area (Å²) in [7, 11) is 0. The van der Waals surface area contributed by atoms with Gasteiger partial charge in [-0.2, -0.15) is 0 Å². The van der Waals surface area contributed by atoms with Crippen LogP contribution in [0.4, 0.5) is 0 Å². The Morgan fingerprint density at radius 2 is 2.06 bits per heavy atom. The van der Waals surface area contributed by atoms with E-state index in [2.05, 4.69) is 37.4 Å². The topological polar surface area (TPSA) is 55.1 Å². The lowest BCUT2D eigenvalue weighted by atomic mass is 10.00. The monoisotopic (exact) mass is 248 g/mol. The number of benzene rings is 1. The smallest absolute Gasteiger partial charge is 0.222 e. The first kappa shape index (κ1) is 14.7. The minimum absolute atomic E-state index is 0.0248. The zero-order valence-electron chi connectivity index (χ0n) is 11.8. The van der Waals surface area contributed by atoms with Crippen molar-refractivity contribution in [3.05, 3.63) is 34.9 Å². The van der Waals surface area contributed by atoms with Crippen molar-refractivity contribution in [1.29, 1.82) is 0 Å². The Labute approximate surface area is 110 Å². The molecule has 0 aliphatic heterocycles. The quantitative estimate of drug-likeness (QED) is 0.841. The lowest BCUT2D eigenvalue weighted by Gasteiger charge is -2.18. The third-order valence-corrected chi connectivity index (χ3v) is 3.24. The molecule has 0 bridgehead atoms. The first-order valence-electron chi connectivity index (χ1n) is 6.56. The van der Waals surface area contributed by atoms with Crippen LogP contribution in [0, 0.1) is 13.8 Å². The average molecular weight is 248 g/mol. The van der Waals surface area contributed by atoms with Gasteiger partial charge in [0.2, 0.25) is 5.91 Å². The van der Waals surface area contributed by atoms with E-state index in [4.69, 9.17) is 5.73 Å². The van der Waals surface area contributed by atoms with Crippen molar-refractivity contribution in [2.24, 2.45) is 5.73 Å². The molecule has 0 radical (unpaired) electrons. The lowest BCUT2D eigenvalue weighted by molar-refractivity contribution is -0.122. The molecule has 0 saturated heterocycles. The highest BCUT2D eigenvalue weighted by Gasteiger charge is 2.13. The van der Waals surface area contributed by atoms with Gasteiger partial charge in [0, 0.05) is 12.5 Å². The van der Waals surface area contributed by atoms with Crippen molar-refractivity contribution < 1.29 is 4.79 Å². The van der Waals surface area contributed by atoms with E-state index in [9.17, 15) is 4.79 Å². The van der Waals surface area contributed by atoms with Crippen LogP contribution in [0.15, 0.2) is 18.2 Å². The normalized spacial score (nSPS) is 14.1. The number of hydrogen-bond acceptors (Lipinski definition) is 2. The molecular weight excluding hydrogens is 224 g/mol. The molecule has 0 heterocycles. The molecule has 0 spiro atoms. The third-order valence-electron chi connectivity index (χ3n) is 3.24. The van der Waals surface area contributed by atoms with E-state index in [0.29, 0.717) is 6.42 Å². The van der Waals surface area contributed by atoms with Gasteiger partial charge in [0.25, 0.3) is 0 Å². The summed E-state index contributed by atoms with van der Waals surface area (Å²) in [4.78, 5) is 11.8. The maximum absolute atomic E-state index is 11.8. The standard InChI is InChI=1S/C15H24N2O/c1-5-13(16)9-15(18)17-12(4)14-7-6-10(2)8-11(14)3/h6-8,12-13H,5,9,16H2,1-4H3,(H,17,18). The first-order chi connectivity index (χ1) is 8.43. The summed E-state index contributed by atoms with van der Waals surface area (Å²) in [6.07, 6.45) is 1.22. The van der Waals surface area contributed by atoms with Gasteiger partial charge in [-0.1, -0.05) is 30.7 Å². The van der Waals surface area contributed by atoms with Gasteiger partial charge in [-0.3, -0.25) is 4.79 Å². The van der Waals surface area contributed by atoms with E-state index in [1.165, 1.54) is 16.7 Å². The highest BCUT2D eigenvalue weighted by atomic mass is 16.1. The average Bonchev–Trinajstić information content (AvgIpc) is 2.28. The van der Waals surface area contributed by atoms with Crippen LogP contribution in [-0.4, -0.2) is 11.9 Å². The SMILES string of the molecule is CCC(N)CC(=O)NC(C)c1ccc(C)cc1C. The zero-order chi connectivity index (χ0) is 13.7. The van der Waals surface area contributed by atoms with Crippen molar-refractivity contribution in [3.8, 4) is 0 Å². The van der Waals surface area contributed by atoms with Gasteiger partial charge in [0.15, 0.2) is 0 Å². The molecule has 100 valence electrons. The highest BCUT2D eigenvalue weighted by molar-refractivity contribution is 5.77. The highest BCUT2D eigenvalue weighted by Crippen LogP contribution is 2.18. The number of nitrogens with two attached hydrogens (primary N) is 1. The third kappa shape index (κ3) is 4.15. The van der Waals surface area contributed by atoms with Crippen LogP contribution in [0.1, 0.15) is 49.4 Å². The molecule has 3 N–H and O–H groups in total. The van der Waals surface area contributed by atoms with Crippen LogP contribution >= 0.6 is 0 Å². The van der Waals surface area contributed by atoms with Crippen molar-refractivity contribution in [2.75, 3.05) is 0 Å². The maximum atomic E-state index is 11.8. The fourth-order valence-corrected chi connectivity index (χ4v) is 2.07. The van der Waals surface area contributed by atoms with E-state index >= 15 is 0 Å². The van der Waals surface area contributed by atoms with Gasteiger partial charge >= 0.3 is 0 Å². The molecule has 3 nitrogen and oxygen atoms in total. The van der Waals surface area contributed by atoms with E-state index in [0.717, 1.165) is 6.42 Å². The van der Waals surface area contributed by atoms with Gasteiger partial charge < -0.3 is 11.1 Å². The minimum atomic E-state index is -0.0451. The Hall–Kier alpha value is -1.35. The molecule has 1 aromatic carbocycles. The number of carbonyl (C=O) groups is 1. The zero-order valence-corrected chi connectivity index (χ0v) is 11.8. The Morgan fingerprint density at radius 3 is 2.61 bits per heavy atom. The fraction of sp³-hybridized carbons (Fsp3) is 0.533. The molecule has 1 amide bonds. The lowest BCUT2D eigenvalue weighted by Crippen LogP contribution is -2.33. The molecule has 2 atom stereocenters. The van der Waals surface area contributed by atoms with Crippen LogP contribution in [0.5, 0.6) is 0 Å². The van der Waals surface area contributed by atoms with Crippen molar-refractivity contribution >= 4 is 5.91 Å². The fourth-order valence-electron chi connectivity index (χ4n) is 2.07. The number of nitrogens with one attached hydrogen (secondary N) is 1. The van der Waals surface area contributed by atoms with Crippen LogP contribution in [0.25, 0.3) is 0 Å². The summed E-state index contributed by atoms with van der Waals surface area (Å²) in [6, 6.07) is 6.27. The summed E-state index contributed by atoms with van der Waals surface area (Å²) in [5.74, 6) is 0.0248. The number of carbonyl (C=O) groups excluding carboxylic acids is 1. The van der Waals surface area contributed by atoms with Crippen LogP contribution in [0.2, 0.25) is 0 Å². The summed E-state index contributed by atoms with van der Waals surface area (Å²) in [6.45, 7) is 8.14. The number of amides is 1. The van der Waals surface area contributed by atoms with E-state index in [-0.39, 0.29) is 18.0 Å². The maximum Gasteiger partial charge on any atom is 0.222 e. The van der Waals surface area contributed by atoms with Crippen molar-refractivity contribution in [3.63, 3.8) is 0 Å². The number of rotatable bonds is 5. The molecule has 0 aliphatic rings. The second-order valence-corrected chi connectivity index (χ2v) is 5.02. The summed E-state index contributed by atoms with van der Waals surface area (Å²) >= 11 is 0. The molecule has 1 aromatic rings. The van der Waals surface area contributed by atoms with Crippen LogP contribution in [0.3, 0.4) is 0 Å². The second-order valence-electron chi connectivity index (χ2n) is 5.02. The van der Waals surface area contributed by atoms with E-state index in [1.807, 2.05) is 13.8 Å². The van der Waals surface area contributed by atoms with Crippen molar-refractivity contribution in [2.45, 2.75) is 52.6 Å². The first-order valence-corrected chi connectivity index (χ1v) is 6.56. The van der Waals surface area contributed by atoms with Gasteiger partial charge in [-0.15, -0.1) is 0 Å². The Bertz CT molecular complexity index is 415. The Morgan fingerprint density at radius 1 is 1.39 bits per heavy atom. The van der Waals surface area contributed by atoms with E-state index < -0.39 is 0 Å². The second kappa shape index (κ2) is 6.55. The Balaban J connectivity index is 2.64. The van der Waals surface area contributed by atoms with Crippen LogP contribution < -0.4 is 11.1 Å². The predicted octanol–water partition coefficient (Wildman–Crippen LogP) is 2.61. The van der Waals surface area contributed by atoms with Crippen molar-refractivity contribution in [1.82, 2.24) is 5.32 Å². The molecule has 1 rings (SSSR count).